The van der Waals surface area contributed by atoms with E-state index < -0.39 is 6.10 Å². The van der Waals surface area contributed by atoms with Gasteiger partial charge in [-0.25, -0.2) is 0 Å². The van der Waals surface area contributed by atoms with Crippen LogP contribution in [0, 0.1) is 50.7 Å². The molecule has 0 aromatic carbocycles. The molecule has 0 saturated heterocycles. The molecule has 9 unspecified atom stereocenters. The topological polar surface area (TPSA) is 60.7 Å². The predicted octanol–water partition coefficient (Wildman–Crippen LogP) is 5.89. The zero-order valence-corrected chi connectivity index (χ0v) is 22.0. The van der Waals surface area contributed by atoms with Gasteiger partial charge in [-0.15, -0.1) is 0 Å². The average molecular weight is 457 g/mol. The van der Waals surface area contributed by atoms with Crippen LogP contribution in [0.2, 0.25) is 0 Å². The Hall–Kier alpha value is -0.640. The molecule has 4 saturated carbocycles. The van der Waals surface area contributed by atoms with E-state index >= 15 is 0 Å². The third-order valence-corrected chi connectivity index (χ3v) is 12.5. The van der Waals surface area contributed by atoms with Gasteiger partial charge in [-0.3, -0.25) is 0 Å². The molecule has 0 spiro atoms. The van der Waals surface area contributed by atoms with Gasteiger partial charge < -0.3 is 15.3 Å². The first-order valence-electron chi connectivity index (χ1n) is 13.6. The van der Waals surface area contributed by atoms with Crippen molar-refractivity contribution in [1.29, 1.82) is 0 Å². The Morgan fingerprint density at radius 3 is 2.30 bits per heavy atom. The molecule has 9 atom stereocenters. The molecule has 0 bridgehead atoms. The number of hydrogen-bond acceptors (Lipinski definition) is 3. The van der Waals surface area contributed by atoms with Crippen molar-refractivity contribution < 1.29 is 15.3 Å². The number of fused-ring (bicyclic) bond motifs is 6. The van der Waals surface area contributed by atoms with Crippen LogP contribution in [0.4, 0.5) is 0 Å². The van der Waals surface area contributed by atoms with Crippen molar-refractivity contribution in [2.24, 2.45) is 50.7 Å². The molecule has 5 aliphatic carbocycles. The van der Waals surface area contributed by atoms with Crippen molar-refractivity contribution in [2.45, 2.75) is 105 Å². The second kappa shape index (κ2) is 7.20. The van der Waals surface area contributed by atoms with Crippen LogP contribution in [0.25, 0.3) is 0 Å². The summed E-state index contributed by atoms with van der Waals surface area (Å²) in [6, 6.07) is 0. The van der Waals surface area contributed by atoms with Crippen molar-refractivity contribution in [3.63, 3.8) is 0 Å². The van der Waals surface area contributed by atoms with Gasteiger partial charge in [0.15, 0.2) is 0 Å². The van der Waals surface area contributed by atoms with E-state index in [4.69, 9.17) is 0 Å². The van der Waals surface area contributed by atoms with E-state index in [1.54, 1.807) is 0 Å². The van der Waals surface area contributed by atoms with Crippen LogP contribution >= 0.6 is 0 Å². The Labute approximate surface area is 201 Å². The highest BCUT2D eigenvalue weighted by molar-refractivity contribution is 5.38. The molecule has 0 aromatic rings. The minimum atomic E-state index is -0.523. The minimum Gasteiger partial charge on any atom is -0.396 e. The SMILES string of the molecule is C=C1C2CC(O)C(C)(C)C2CCC2(C)C1C(O)C=C1C3CC(C)(C)CCC3(CO)CCC12C. The molecule has 0 amide bonds. The molecule has 4 fully saturated rings. The zero-order chi connectivity index (χ0) is 24.2. The quantitative estimate of drug-likeness (QED) is 0.431. The lowest BCUT2D eigenvalue weighted by atomic mass is 9.39. The van der Waals surface area contributed by atoms with E-state index in [0.717, 1.165) is 44.9 Å². The Bertz CT molecular complexity index is 870. The Balaban J connectivity index is 1.60. The monoisotopic (exact) mass is 456 g/mol. The number of rotatable bonds is 1. The number of allylic oxidation sites excluding steroid dienone is 1. The minimum absolute atomic E-state index is 0.0119. The fourth-order valence-electron chi connectivity index (χ4n) is 9.79. The van der Waals surface area contributed by atoms with Gasteiger partial charge in [-0.05, 0) is 90.8 Å². The van der Waals surface area contributed by atoms with Crippen molar-refractivity contribution in [3.05, 3.63) is 23.8 Å². The zero-order valence-electron chi connectivity index (χ0n) is 22.0. The van der Waals surface area contributed by atoms with Crippen molar-refractivity contribution in [2.75, 3.05) is 6.61 Å². The Morgan fingerprint density at radius 1 is 0.970 bits per heavy atom. The number of hydrogen-bond donors (Lipinski definition) is 3. The molecule has 33 heavy (non-hydrogen) atoms. The summed E-state index contributed by atoms with van der Waals surface area (Å²) in [5.74, 6) is 1.12. The number of aliphatic hydroxyl groups excluding tert-OH is 3. The van der Waals surface area contributed by atoms with E-state index in [2.05, 4.69) is 54.2 Å². The summed E-state index contributed by atoms with van der Waals surface area (Å²) < 4.78 is 0. The molecular formula is C30H48O3. The maximum Gasteiger partial charge on any atom is 0.0794 e. The Morgan fingerprint density at radius 2 is 1.64 bits per heavy atom. The first kappa shape index (κ1) is 24.1. The fourth-order valence-corrected chi connectivity index (χ4v) is 9.79. The van der Waals surface area contributed by atoms with Crippen LogP contribution in [-0.2, 0) is 0 Å². The van der Waals surface area contributed by atoms with Gasteiger partial charge >= 0.3 is 0 Å². The van der Waals surface area contributed by atoms with Gasteiger partial charge in [-0.2, -0.15) is 0 Å². The van der Waals surface area contributed by atoms with Crippen molar-refractivity contribution in [3.8, 4) is 0 Å². The van der Waals surface area contributed by atoms with Gasteiger partial charge in [0.2, 0.25) is 0 Å². The van der Waals surface area contributed by atoms with E-state index in [0.29, 0.717) is 17.8 Å². The smallest absolute Gasteiger partial charge is 0.0794 e. The van der Waals surface area contributed by atoms with Crippen molar-refractivity contribution in [1.82, 2.24) is 0 Å². The van der Waals surface area contributed by atoms with Crippen LogP contribution in [0.3, 0.4) is 0 Å². The highest BCUT2D eigenvalue weighted by Gasteiger charge is 2.65. The summed E-state index contributed by atoms with van der Waals surface area (Å²) in [6.07, 6.45) is 9.90. The van der Waals surface area contributed by atoms with Gasteiger partial charge in [0.1, 0.15) is 0 Å². The maximum absolute atomic E-state index is 11.7. The average Bonchev–Trinajstić information content (AvgIpc) is 2.88. The molecule has 5 rings (SSSR count). The van der Waals surface area contributed by atoms with Gasteiger partial charge in [0.25, 0.3) is 0 Å². The number of aliphatic hydroxyl groups is 3. The van der Waals surface area contributed by atoms with E-state index in [1.807, 2.05) is 0 Å². The summed E-state index contributed by atoms with van der Waals surface area (Å²) in [6.45, 7) is 19.1. The lowest BCUT2D eigenvalue weighted by Crippen LogP contribution is -2.59. The molecular weight excluding hydrogens is 408 g/mol. The van der Waals surface area contributed by atoms with E-state index in [-0.39, 0.29) is 45.7 Å². The fraction of sp³-hybridized carbons (Fsp3) is 0.867. The largest absolute Gasteiger partial charge is 0.396 e. The molecule has 0 heterocycles. The van der Waals surface area contributed by atoms with Crippen LogP contribution in [0.5, 0.6) is 0 Å². The van der Waals surface area contributed by atoms with Crippen LogP contribution in [0.15, 0.2) is 23.8 Å². The third kappa shape index (κ3) is 3.04. The summed E-state index contributed by atoms with van der Waals surface area (Å²) in [4.78, 5) is 0. The van der Waals surface area contributed by atoms with Gasteiger partial charge in [-0.1, -0.05) is 65.3 Å². The molecule has 3 nitrogen and oxygen atoms in total. The summed E-state index contributed by atoms with van der Waals surface area (Å²) >= 11 is 0. The predicted molar refractivity (Wildman–Crippen MR) is 133 cm³/mol. The lowest BCUT2D eigenvalue weighted by molar-refractivity contribution is -0.106. The molecule has 5 aliphatic rings. The van der Waals surface area contributed by atoms with Crippen LogP contribution in [0.1, 0.15) is 92.9 Å². The molecule has 0 radical (unpaired) electrons. The maximum atomic E-state index is 11.7. The first-order valence-corrected chi connectivity index (χ1v) is 13.6. The highest BCUT2D eigenvalue weighted by atomic mass is 16.3. The molecule has 3 heteroatoms. The van der Waals surface area contributed by atoms with Crippen LogP contribution < -0.4 is 0 Å². The van der Waals surface area contributed by atoms with E-state index in [9.17, 15) is 15.3 Å². The third-order valence-electron chi connectivity index (χ3n) is 12.5. The summed E-state index contributed by atoms with van der Waals surface area (Å²) in [5.41, 5.74) is 2.74. The van der Waals surface area contributed by atoms with Gasteiger partial charge in [0.05, 0.1) is 12.2 Å². The highest BCUT2D eigenvalue weighted by Crippen LogP contribution is 2.72. The molecule has 0 aliphatic heterocycles. The second-order valence-corrected chi connectivity index (χ2v) is 14.7. The summed E-state index contributed by atoms with van der Waals surface area (Å²) in [7, 11) is 0. The molecule has 186 valence electrons. The molecule has 0 aromatic heterocycles. The van der Waals surface area contributed by atoms with Crippen LogP contribution in [-0.4, -0.2) is 34.1 Å². The van der Waals surface area contributed by atoms with Gasteiger partial charge in [0, 0.05) is 17.9 Å². The molecule has 3 N–H and O–H groups in total. The Kier molecular flexibility index (Phi) is 5.25. The van der Waals surface area contributed by atoms with E-state index in [1.165, 1.54) is 17.6 Å². The second-order valence-electron chi connectivity index (χ2n) is 14.7. The standard InChI is InChI=1S/C30H48O3/c1-18-19-14-24(33)27(4,5)20(19)8-9-29(7)25(18)23(32)15-21-22-16-26(2,3)10-12-30(22,17-31)13-11-28(21,29)6/h15,19-20,22-25,31-33H,1,8-14,16-17H2,2-7H3. The lowest BCUT2D eigenvalue weighted by Gasteiger charge is -2.65. The van der Waals surface area contributed by atoms with Crippen molar-refractivity contribution >= 4 is 0 Å². The summed E-state index contributed by atoms with van der Waals surface area (Å²) in [5, 5.41) is 33.2. The first-order chi connectivity index (χ1) is 15.2. The normalized spacial score (nSPS) is 52.6.